The first-order valence-electron chi connectivity index (χ1n) is 8.85. The molecule has 0 saturated carbocycles. The highest BCUT2D eigenvalue weighted by molar-refractivity contribution is 7.92. The first-order valence-corrected chi connectivity index (χ1v) is 11.0. The van der Waals surface area contributed by atoms with Crippen LogP contribution in [0.1, 0.15) is 10.4 Å². The van der Waals surface area contributed by atoms with Crippen LogP contribution in [0.4, 0.5) is 10.1 Å². The topological polar surface area (TPSA) is 66.5 Å². The zero-order valence-electron chi connectivity index (χ0n) is 15.6. The van der Waals surface area contributed by atoms with E-state index < -0.39 is 15.8 Å². The average molecular weight is 467 g/mol. The van der Waals surface area contributed by atoms with Crippen molar-refractivity contribution in [3.8, 4) is 0 Å². The van der Waals surface area contributed by atoms with Crippen LogP contribution in [-0.2, 0) is 10.0 Å². The number of benzene rings is 3. The number of nitrogens with zero attached hydrogens (tertiary/aromatic N) is 1. The van der Waals surface area contributed by atoms with Crippen LogP contribution >= 0.6 is 23.2 Å². The Morgan fingerprint density at radius 2 is 1.40 bits per heavy atom. The smallest absolute Gasteiger partial charge is 0.264 e. The fraction of sp³-hybridized carbons (Fsp3) is 0.0952. The Balaban J connectivity index is 1.81. The lowest BCUT2D eigenvalue weighted by atomic mass is 10.2. The molecule has 0 bridgehead atoms. The molecule has 1 N–H and O–H groups in total. The van der Waals surface area contributed by atoms with Crippen LogP contribution in [0.25, 0.3) is 0 Å². The first-order chi connectivity index (χ1) is 14.3. The van der Waals surface area contributed by atoms with E-state index >= 15 is 0 Å². The summed E-state index contributed by atoms with van der Waals surface area (Å²) in [7, 11) is -3.97. The molecule has 156 valence electrons. The van der Waals surface area contributed by atoms with Gasteiger partial charge in [0.05, 0.1) is 17.1 Å². The molecular weight excluding hydrogens is 450 g/mol. The molecule has 0 fully saturated rings. The van der Waals surface area contributed by atoms with E-state index in [1.54, 1.807) is 24.3 Å². The quantitative estimate of drug-likeness (QED) is 0.545. The number of rotatable bonds is 7. The van der Waals surface area contributed by atoms with E-state index in [9.17, 15) is 17.6 Å². The third kappa shape index (κ3) is 5.30. The lowest BCUT2D eigenvalue weighted by Crippen LogP contribution is -2.38. The van der Waals surface area contributed by atoms with Gasteiger partial charge in [0.1, 0.15) is 5.82 Å². The molecule has 30 heavy (non-hydrogen) atoms. The van der Waals surface area contributed by atoms with Gasteiger partial charge in [-0.2, -0.15) is 0 Å². The molecule has 0 aliphatic carbocycles. The lowest BCUT2D eigenvalue weighted by Gasteiger charge is -2.25. The summed E-state index contributed by atoms with van der Waals surface area (Å²) in [4.78, 5) is 12.3. The number of nitrogens with one attached hydrogen (secondary N) is 1. The second-order valence-electron chi connectivity index (χ2n) is 6.27. The van der Waals surface area contributed by atoms with Crippen molar-refractivity contribution in [1.82, 2.24) is 5.32 Å². The summed E-state index contributed by atoms with van der Waals surface area (Å²) in [5, 5.41) is 3.58. The van der Waals surface area contributed by atoms with Gasteiger partial charge in [-0.05, 0) is 72.8 Å². The largest absolute Gasteiger partial charge is 0.350 e. The summed E-state index contributed by atoms with van der Waals surface area (Å²) in [5.41, 5.74) is 0.667. The molecule has 3 aromatic carbocycles. The van der Waals surface area contributed by atoms with Gasteiger partial charge in [-0.15, -0.1) is 0 Å². The predicted molar refractivity (Wildman–Crippen MR) is 116 cm³/mol. The molecule has 0 atom stereocenters. The zero-order valence-corrected chi connectivity index (χ0v) is 17.9. The molecule has 0 saturated heterocycles. The molecule has 0 aliphatic heterocycles. The summed E-state index contributed by atoms with van der Waals surface area (Å²) in [6, 6.07) is 17.1. The van der Waals surface area contributed by atoms with Crippen molar-refractivity contribution in [3.05, 3.63) is 94.2 Å². The second kappa shape index (κ2) is 9.47. The van der Waals surface area contributed by atoms with Crippen LogP contribution in [0.3, 0.4) is 0 Å². The fourth-order valence-electron chi connectivity index (χ4n) is 2.70. The minimum atomic E-state index is -3.97. The Morgan fingerprint density at radius 1 is 0.867 bits per heavy atom. The molecular formula is C21H17Cl2FN2O3S. The Hall–Kier alpha value is -2.61. The standard InChI is InChI=1S/C21H17Cl2FN2O3S/c22-16-3-1-15(2-4-16)21(27)25-13-14-26(19-9-7-18(24)8-10-19)30(28,29)20-11-5-17(23)6-12-20/h1-12H,13-14H2,(H,25,27). The molecule has 9 heteroatoms. The van der Waals surface area contributed by atoms with Crippen LogP contribution in [-0.4, -0.2) is 27.4 Å². The predicted octanol–water partition coefficient (Wildman–Crippen LogP) is 4.76. The van der Waals surface area contributed by atoms with Crippen molar-refractivity contribution >= 4 is 44.8 Å². The van der Waals surface area contributed by atoms with E-state index in [1.165, 1.54) is 48.5 Å². The normalized spacial score (nSPS) is 11.2. The van der Waals surface area contributed by atoms with E-state index in [1.807, 2.05) is 0 Å². The summed E-state index contributed by atoms with van der Waals surface area (Å²) < 4.78 is 40.8. The van der Waals surface area contributed by atoms with Crippen LogP contribution < -0.4 is 9.62 Å². The van der Waals surface area contributed by atoms with Crippen molar-refractivity contribution in [1.29, 1.82) is 0 Å². The number of carbonyl (C=O) groups excluding carboxylic acids is 1. The van der Waals surface area contributed by atoms with E-state index in [0.29, 0.717) is 15.6 Å². The third-order valence-electron chi connectivity index (χ3n) is 4.22. The van der Waals surface area contributed by atoms with Crippen molar-refractivity contribution in [2.24, 2.45) is 0 Å². The second-order valence-corrected chi connectivity index (χ2v) is 9.01. The van der Waals surface area contributed by atoms with Crippen LogP contribution in [0, 0.1) is 5.82 Å². The van der Waals surface area contributed by atoms with E-state index in [0.717, 1.165) is 4.31 Å². The number of sulfonamides is 1. The van der Waals surface area contributed by atoms with Crippen LogP contribution in [0.5, 0.6) is 0 Å². The molecule has 5 nitrogen and oxygen atoms in total. The minimum absolute atomic E-state index is 0.0280. The van der Waals surface area contributed by atoms with Crippen molar-refractivity contribution < 1.29 is 17.6 Å². The highest BCUT2D eigenvalue weighted by Gasteiger charge is 2.25. The average Bonchev–Trinajstić information content (AvgIpc) is 2.72. The number of hydrogen-bond acceptors (Lipinski definition) is 3. The van der Waals surface area contributed by atoms with Gasteiger partial charge in [0, 0.05) is 22.2 Å². The van der Waals surface area contributed by atoms with Gasteiger partial charge in [0.25, 0.3) is 15.9 Å². The monoisotopic (exact) mass is 466 g/mol. The maximum Gasteiger partial charge on any atom is 0.264 e. The van der Waals surface area contributed by atoms with Crippen LogP contribution in [0.15, 0.2) is 77.7 Å². The number of hydrogen-bond donors (Lipinski definition) is 1. The molecule has 3 aromatic rings. The summed E-state index contributed by atoms with van der Waals surface area (Å²) in [6.07, 6.45) is 0. The first kappa shape index (κ1) is 22.1. The van der Waals surface area contributed by atoms with Gasteiger partial charge >= 0.3 is 0 Å². The van der Waals surface area contributed by atoms with Gasteiger partial charge in [0.2, 0.25) is 0 Å². The van der Waals surface area contributed by atoms with E-state index in [-0.39, 0.29) is 29.6 Å². The fourth-order valence-corrected chi connectivity index (χ4v) is 4.42. The summed E-state index contributed by atoms with van der Waals surface area (Å²) >= 11 is 11.7. The number of anilines is 1. The van der Waals surface area contributed by atoms with Crippen molar-refractivity contribution in [2.45, 2.75) is 4.90 Å². The Morgan fingerprint density at radius 3 is 1.97 bits per heavy atom. The summed E-state index contributed by atoms with van der Waals surface area (Å²) in [5.74, 6) is -0.853. The van der Waals surface area contributed by atoms with Crippen molar-refractivity contribution in [3.63, 3.8) is 0 Å². The molecule has 0 radical (unpaired) electrons. The Bertz CT molecular complexity index is 1120. The Labute approximate surface area is 184 Å². The maximum atomic E-state index is 13.3. The van der Waals surface area contributed by atoms with Crippen LogP contribution in [0.2, 0.25) is 10.0 Å². The molecule has 3 rings (SSSR count). The molecule has 0 aliphatic rings. The highest BCUT2D eigenvalue weighted by Crippen LogP contribution is 2.24. The summed E-state index contributed by atoms with van der Waals surface area (Å²) in [6.45, 7) is -0.0262. The maximum absolute atomic E-state index is 13.3. The van der Waals surface area contributed by atoms with Crippen molar-refractivity contribution in [2.75, 3.05) is 17.4 Å². The SMILES string of the molecule is O=C(NCCN(c1ccc(F)cc1)S(=O)(=O)c1ccc(Cl)cc1)c1ccc(Cl)cc1. The van der Waals surface area contributed by atoms with Gasteiger partial charge in [0.15, 0.2) is 0 Å². The highest BCUT2D eigenvalue weighted by atomic mass is 35.5. The van der Waals surface area contributed by atoms with Gasteiger partial charge in [-0.3, -0.25) is 9.10 Å². The minimum Gasteiger partial charge on any atom is -0.350 e. The molecule has 0 aromatic heterocycles. The Kier molecular flexibility index (Phi) is 6.97. The van der Waals surface area contributed by atoms with Gasteiger partial charge in [-0.25, -0.2) is 12.8 Å². The molecule has 0 heterocycles. The van der Waals surface area contributed by atoms with Gasteiger partial charge in [-0.1, -0.05) is 23.2 Å². The van der Waals surface area contributed by atoms with E-state index in [2.05, 4.69) is 5.32 Å². The van der Waals surface area contributed by atoms with Gasteiger partial charge < -0.3 is 5.32 Å². The van der Waals surface area contributed by atoms with E-state index in [4.69, 9.17) is 23.2 Å². The lowest BCUT2D eigenvalue weighted by molar-refractivity contribution is 0.0955. The third-order valence-corrected chi connectivity index (χ3v) is 6.57. The molecule has 1 amide bonds. The molecule has 0 unspecified atom stereocenters. The molecule has 0 spiro atoms. The zero-order chi connectivity index (χ0) is 21.7. The number of carbonyl (C=O) groups is 1. The number of amides is 1. The number of halogens is 3.